The van der Waals surface area contributed by atoms with Crippen LogP contribution in [0.25, 0.3) is 0 Å². The monoisotopic (exact) mass is 316 g/mol. The SMILES string of the molecule is COC(=O)c1ccc(NC(=O)[C@@H](N)CCSC)cc1Cl. The molecule has 0 unspecified atom stereocenters. The van der Waals surface area contributed by atoms with E-state index in [0.717, 1.165) is 5.75 Å². The molecule has 0 fully saturated rings. The number of benzene rings is 1. The Balaban J connectivity index is 2.72. The van der Waals surface area contributed by atoms with Gasteiger partial charge >= 0.3 is 5.97 Å². The number of carbonyl (C=O) groups is 2. The van der Waals surface area contributed by atoms with Crippen LogP contribution in [0, 0.1) is 0 Å². The van der Waals surface area contributed by atoms with Gasteiger partial charge in [-0.3, -0.25) is 4.79 Å². The van der Waals surface area contributed by atoms with E-state index in [2.05, 4.69) is 10.1 Å². The molecule has 1 aromatic carbocycles. The third-order valence-electron chi connectivity index (χ3n) is 2.61. The van der Waals surface area contributed by atoms with Crippen molar-refractivity contribution in [1.82, 2.24) is 0 Å². The molecule has 1 rings (SSSR count). The molecule has 110 valence electrons. The van der Waals surface area contributed by atoms with Gasteiger partial charge in [0.1, 0.15) is 0 Å². The zero-order valence-corrected chi connectivity index (χ0v) is 12.9. The zero-order valence-electron chi connectivity index (χ0n) is 11.3. The number of anilines is 1. The highest BCUT2D eigenvalue weighted by atomic mass is 35.5. The Morgan fingerprint density at radius 2 is 2.20 bits per heavy atom. The van der Waals surface area contributed by atoms with Crippen LogP contribution in [0.3, 0.4) is 0 Å². The van der Waals surface area contributed by atoms with E-state index in [1.807, 2.05) is 6.26 Å². The van der Waals surface area contributed by atoms with Crippen molar-refractivity contribution >= 4 is 40.9 Å². The van der Waals surface area contributed by atoms with Gasteiger partial charge in [-0.25, -0.2) is 4.79 Å². The van der Waals surface area contributed by atoms with Crippen LogP contribution in [0.4, 0.5) is 5.69 Å². The van der Waals surface area contributed by atoms with Gasteiger partial charge in [-0.1, -0.05) is 11.6 Å². The van der Waals surface area contributed by atoms with E-state index < -0.39 is 12.0 Å². The molecule has 1 aromatic rings. The first-order valence-corrected chi connectivity index (χ1v) is 7.70. The lowest BCUT2D eigenvalue weighted by Gasteiger charge is -2.12. The molecule has 0 aromatic heterocycles. The number of ether oxygens (including phenoxy) is 1. The fraction of sp³-hybridized carbons (Fsp3) is 0.385. The molecule has 1 amide bonds. The molecule has 0 saturated heterocycles. The Morgan fingerprint density at radius 3 is 2.75 bits per heavy atom. The third-order valence-corrected chi connectivity index (χ3v) is 3.57. The maximum Gasteiger partial charge on any atom is 0.339 e. The normalized spacial score (nSPS) is 11.8. The van der Waals surface area contributed by atoms with Gasteiger partial charge in [0, 0.05) is 5.69 Å². The standard InChI is InChI=1S/C13H17ClN2O3S/c1-19-13(18)9-4-3-8(7-10(9)14)16-12(17)11(15)5-6-20-2/h3-4,7,11H,5-6,15H2,1-2H3,(H,16,17)/t11-/m0/s1. The van der Waals surface area contributed by atoms with Gasteiger partial charge in [-0.05, 0) is 36.6 Å². The maximum absolute atomic E-state index is 11.8. The van der Waals surface area contributed by atoms with Crippen molar-refractivity contribution in [2.24, 2.45) is 5.73 Å². The number of amides is 1. The molecule has 0 bridgehead atoms. The quantitative estimate of drug-likeness (QED) is 0.786. The van der Waals surface area contributed by atoms with Crippen LogP contribution in [-0.4, -0.2) is 37.0 Å². The van der Waals surface area contributed by atoms with Crippen molar-refractivity contribution in [1.29, 1.82) is 0 Å². The lowest BCUT2D eigenvalue weighted by molar-refractivity contribution is -0.117. The number of carbonyl (C=O) groups excluding carboxylic acids is 2. The van der Waals surface area contributed by atoms with Crippen molar-refractivity contribution in [2.45, 2.75) is 12.5 Å². The summed E-state index contributed by atoms with van der Waals surface area (Å²) in [5.41, 5.74) is 6.50. The molecule has 5 nitrogen and oxygen atoms in total. The highest BCUT2D eigenvalue weighted by Crippen LogP contribution is 2.21. The van der Waals surface area contributed by atoms with Crippen molar-refractivity contribution in [3.8, 4) is 0 Å². The minimum atomic E-state index is -0.568. The van der Waals surface area contributed by atoms with E-state index in [-0.39, 0.29) is 16.5 Å². The van der Waals surface area contributed by atoms with Crippen molar-refractivity contribution < 1.29 is 14.3 Å². The molecule has 0 aliphatic rings. The summed E-state index contributed by atoms with van der Waals surface area (Å²) in [6.45, 7) is 0. The van der Waals surface area contributed by atoms with E-state index >= 15 is 0 Å². The molecule has 0 radical (unpaired) electrons. The summed E-state index contributed by atoms with van der Waals surface area (Å²) in [7, 11) is 1.28. The average Bonchev–Trinajstić information content (AvgIpc) is 2.44. The molecular formula is C13H17ClN2O3S. The molecule has 3 N–H and O–H groups in total. The number of hydrogen-bond acceptors (Lipinski definition) is 5. The summed E-state index contributed by atoms with van der Waals surface area (Å²) in [6, 6.07) is 4.00. The Morgan fingerprint density at radius 1 is 1.50 bits per heavy atom. The maximum atomic E-state index is 11.8. The van der Waals surface area contributed by atoms with E-state index in [1.54, 1.807) is 17.8 Å². The van der Waals surface area contributed by atoms with E-state index in [9.17, 15) is 9.59 Å². The largest absolute Gasteiger partial charge is 0.465 e. The fourth-order valence-corrected chi connectivity index (χ4v) is 2.23. The van der Waals surface area contributed by atoms with Gasteiger partial charge < -0.3 is 15.8 Å². The topological polar surface area (TPSA) is 81.4 Å². The zero-order chi connectivity index (χ0) is 15.1. The number of halogens is 1. The summed E-state index contributed by atoms with van der Waals surface area (Å²) >= 11 is 7.59. The van der Waals surface area contributed by atoms with Crippen LogP contribution in [0.2, 0.25) is 5.02 Å². The number of hydrogen-bond donors (Lipinski definition) is 2. The van der Waals surface area contributed by atoms with Crippen LogP contribution in [0.1, 0.15) is 16.8 Å². The second-order valence-corrected chi connectivity index (χ2v) is 5.46. The van der Waals surface area contributed by atoms with Crippen LogP contribution < -0.4 is 11.1 Å². The molecule has 0 aliphatic heterocycles. The Kier molecular flexibility index (Phi) is 6.84. The van der Waals surface area contributed by atoms with Crippen LogP contribution in [-0.2, 0) is 9.53 Å². The highest BCUT2D eigenvalue weighted by Gasteiger charge is 2.15. The molecular weight excluding hydrogens is 300 g/mol. The Bertz CT molecular complexity index is 497. The van der Waals surface area contributed by atoms with Crippen molar-refractivity contribution in [2.75, 3.05) is 24.4 Å². The minimum Gasteiger partial charge on any atom is -0.465 e. The van der Waals surface area contributed by atoms with Gasteiger partial charge in [0.05, 0.1) is 23.7 Å². The summed E-state index contributed by atoms with van der Waals surface area (Å²) in [5.74, 6) is 0.0156. The van der Waals surface area contributed by atoms with Gasteiger partial charge in [-0.2, -0.15) is 11.8 Å². The summed E-state index contributed by atoms with van der Waals surface area (Å²) in [5, 5.41) is 2.88. The molecule has 0 aliphatic carbocycles. The van der Waals surface area contributed by atoms with Gasteiger partial charge in [-0.15, -0.1) is 0 Å². The average molecular weight is 317 g/mol. The van der Waals surface area contributed by atoms with Gasteiger partial charge in [0.2, 0.25) is 5.91 Å². The predicted molar refractivity (Wildman–Crippen MR) is 82.4 cm³/mol. The second kappa shape index (κ2) is 8.14. The predicted octanol–water partition coefficient (Wildman–Crippen LogP) is 2.15. The fourth-order valence-electron chi connectivity index (χ4n) is 1.48. The lowest BCUT2D eigenvalue weighted by atomic mass is 10.2. The highest BCUT2D eigenvalue weighted by molar-refractivity contribution is 7.98. The number of rotatable bonds is 6. The third kappa shape index (κ3) is 4.70. The van der Waals surface area contributed by atoms with E-state index in [4.69, 9.17) is 17.3 Å². The van der Waals surface area contributed by atoms with E-state index in [0.29, 0.717) is 12.1 Å². The number of methoxy groups -OCH3 is 1. The summed E-state index contributed by atoms with van der Waals surface area (Å²) < 4.78 is 4.59. The van der Waals surface area contributed by atoms with Crippen LogP contribution >= 0.6 is 23.4 Å². The molecule has 7 heteroatoms. The molecule has 1 atom stereocenters. The molecule has 20 heavy (non-hydrogen) atoms. The smallest absolute Gasteiger partial charge is 0.339 e. The number of thioether (sulfide) groups is 1. The summed E-state index contributed by atoms with van der Waals surface area (Å²) in [4.78, 5) is 23.2. The van der Waals surface area contributed by atoms with Gasteiger partial charge in [0.25, 0.3) is 0 Å². The van der Waals surface area contributed by atoms with Crippen molar-refractivity contribution in [3.05, 3.63) is 28.8 Å². The second-order valence-electron chi connectivity index (χ2n) is 4.06. The number of nitrogens with one attached hydrogen (secondary N) is 1. The van der Waals surface area contributed by atoms with E-state index in [1.165, 1.54) is 19.2 Å². The first-order valence-electron chi connectivity index (χ1n) is 5.92. The van der Waals surface area contributed by atoms with Gasteiger partial charge in [0.15, 0.2) is 0 Å². The minimum absolute atomic E-state index is 0.215. The lowest BCUT2D eigenvalue weighted by Crippen LogP contribution is -2.36. The molecule has 0 heterocycles. The first-order chi connectivity index (χ1) is 9.49. The van der Waals surface area contributed by atoms with Crippen LogP contribution in [0.15, 0.2) is 18.2 Å². The summed E-state index contributed by atoms with van der Waals surface area (Å²) in [6.07, 6.45) is 2.55. The Hall–Kier alpha value is -1.24. The molecule has 0 saturated carbocycles. The Labute approximate surface area is 127 Å². The number of esters is 1. The van der Waals surface area contributed by atoms with Crippen LogP contribution in [0.5, 0.6) is 0 Å². The first kappa shape index (κ1) is 16.8. The number of nitrogens with two attached hydrogens (primary N) is 1. The molecule has 0 spiro atoms. The van der Waals surface area contributed by atoms with Crippen molar-refractivity contribution in [3.63, 3.8) is 0 Å².